The number of nitrogens with one attached hydrogen (secondary N) is 1. The minimum atomic E-state index is -0.181. The Labute approximate surface area is 120 Å². The minimum Gasteiger partial charge on any atom is -0.394 e. The lowest BCUT2D eigenvalue weighted by Crippen LogP contribution is -2.44. The van der Waals surface area contributed by atoms with Gasteiger partial charge in [0.05, 0.1) is 18.7 Å². The number of hydrogen-bond donors (Lipinski definition) is 2. The van der Waals surface area contributed by atoms with E-state index in [0.717, 1.165) is 6.42 Å². The number of amides is 2. The van der Waals surface area contributed by atoms with Gasteiger partial charge in [0.25, 0.3) is 0 Å². The molecule has 1 aliphatic rings. The van der Waals surface area contributed by atoms with Gasteiger partial charge in [-0.1, -0.05) is 38.1 Å². The standard InChI is InChI=1S/C16H24N2O2/c1-11(10-19)18(4)15(20)17-14-9-16(2,3)13-8-6-5-7-12(13)14/h5-8,11,14,19H,9-10H2,1-4H3,(H,17,20). The van der Waals surface area contributed by atoms with Crippen molar-refractivity contribution in [2.75, 3.05) is 13.7 Å². The molecule has 1 aromatic rings. The number of aliphatic hydroxyl groups excluding tert-OH is 1. The van der Waals surface area contributed by atoms with Crippen molar-refractivity contribution in [3.63, 3.8) is 0 Å². The first-order chi connectivity index (χ1) is 9.36. The van der Waals surface area contributed by atoms with E-state index in [0.29, 0.717) is 0 Å². The van der Waals surface area contributed by atoms with E-state index in [1.54, 1.807) is 11.9 Å². The third-order valence-corrected chi connectivity index (χ3v) is 4.32. The first-order valence-corrected chi connectivity index (χ1v) is 7.10. The number of benzene rings is 1. The van der Waals surface area contributed by atoms with Gasteiger partial charge in [0, 0.05) is 7.05 Å². The summed E-state index contributed by atoms with van der Waals surface area (Å²) in [6.07, 6.45) is 0.902. The van der Waals surface area contributed by atoms with Gasteiger partial charge in [-0.3, -0.25) is 0 Å². The van der Waals surface area contributed by atoms with Gasteiger partial charge in [-0.2, -0.15) is 0 Å². The summed E-state index contributed by atoms with van der Waals surface area (Å²) < 4.78 is 0. The molecule has 4 heteroatoms. The molecule has 0 heterocycles. The van der Waals surface area contributed by atoms with E-state index in [9.17, 15) is 4.79 Å². The molecule has 2 unspecified atom stereocenters. The Morgan fingerprint density at radius 3 is 2.80 bits per heavy atom. The van der Waals surface area contributed by atoms with Crippen LogP contribution < -0.4 is 5.32 Å². The van der Waals surface area contributed by atoms with E-state index >= 15 is 0 Å². The second kappa shape index (κ2) is 5.44. The summed E-state index contributed by atoms with van der Waals surface area (Å²) in [7, 11) is 1.71. The highest BCUT2D eigenvalue weighted by Gasteiger charge is 2.37. The van der Waals surface area contributed by atoms with E-state index in [1.807, 2.05) is 19.1 Å². The summed E-state index contributed by atoms with van der Waals surface area (Å²) in [6.45, 7) is 6.21. The summed E-state index contributed by atoms with van der Waals surface area (Å²) in [6, 6.07) is 8.02. The molecule has 0 radical (unpaired) electrons. The summed E-state index contributed by atoms with van der Waals surface area (Å²) in [5.74, 6) is 0. The normalized spacial score (nSPS) is 21.1. The maximum atomic E-state index is 12.2. The van der Waals surface area contributed by atoms with Crippen molar-refractivity contribution < 1.29 is 9.90 Å². The predicted molar refractivity (Wildman–Crippen MR) is 79.7 cm³/mol. The summed E-state index contributed by atoms with van der Waals surface area (Å²) in [4.78, 5) is 13.8. The molecule has 1 aliphatic carbocycles. The van der Waals surface area contributed by atoms with Gasteiger partial charge < -0.3 is 15.3 Å². The van der Waals surface area contributed by atoms with Crippen LogP contribution in [-0.4, -0.2) is 35.7 Å². The van der Waals surface area contributed by atoms with Crippen molar-refractivity contribution in [1.29, 1.82) is 0 Å². The fourth-order valence-electron chi connectivity index (χ4n) is 2.85. The number of fused-ring (bicyclic) bond motifs is 1. The molecule has 0 aromatic heterocycles. The van der Waals surface area contributed by atoms with Crippen LogP contribution >= 0.6 is 0 Å². The molecule has 2 amide bonds. The Hall–Kier alpha value is -1.55. The second-order valence-corrected chi connectivity index (χ2v) is 6.32. The molecule has 2 atom stereocenters. The van der Waals surface area contributed by atoms with Crippen molar-refractivity contribution >= 4 is 6.03 Å². The van der Waals surface area contributed by atoms with Crippen LogP contribution in [0.5, 0.6) is 0 Å². The number of likely N-dealkylation sites (N-methyl/N-ethyl adjacent to an activating group) is 1. The van der Waals surface area contributed by atoms with Gasteiger partial charge in [-0.25, -0.2) is 4.79 Å². The van der Waals surface area contributed by atoms with Gasteiger partial charge in [0.2, 0.25) is 0 Å². The molecule has 0 saturated carbocycles. The maximum Gasteiger partial charge on any atom is 0.317 e. The number of aliphatic hydroxyl groups is 1. The van der Waals surface area contributed by atoms with Crippen molar-refractivity contribution in [2.45, 2.75) is 44.7 Å². The lowest BCUT2D eigenvalue weighted by Gasteiger charge is -2.26. The molecule has 0 fully saturated rings. The molecule has 0 bridgehead atoms. The molecule has 20 heavy (non-hydrogen) atoms. The second-order valence-electron chi connectivity index (χ2n) is 6.32. The Balaban J connectivity index is 2.15. The molecular weight excluding hydrogens is 252 g/mol. The number of urea groups is 1. The molecule has 0 aliphatic heterocycles. The highest BCUT2D eigenvalue weighted by molar-refractivity contribution is 5.75. The van der Waals surface area contributed by atoms with Crippen molar-refractivity contribution in [2.24, 2.45) is 0 Å². The highest BCUT2D eigenvalue weighted by atomic mass is 16.3. The SMILES string of the molecule is CC(CO)N(C)C(=O)NC1CC(C)(C)c2ccccc21. The average molecular weight is 276 g/mol. The average Bonchev–Trinajstić information content (AvgIpc) is 2.69. The van der Waals surface area contributed by atoms with Gasteiger partial charge in [-0.15, -0.1) is 0 Å². The zero-order chi connectivity index (χ0) is 14.9. The third kappa shape index (κ3) is 2.66. The van der Waals surface area contributed by atoms with Gasteiger partial charge in [0.1, 0.15) is 0 Å². The van der Waals surface area contributed by atoms with Gasteiger partial charge >= 0.3 is 6.03 Å². The van der Waals surface area contributed by atoms with Crippen molar-refractivity contribution in [1.82, 2.24) is 10.2 Å². The zero-order valence-electron chi connectivity index (χ0n) is 12.7. The van der Waals surface area contributed by atoms with Crippen molar-refractivity contribution in [3.8, 4) is 0 Å². The number of hydrogen-bond acceptors (Lipinski definition) is 2. The predicted octanol–water partition coefficient (Wildman–Crippen LogP) is 2.43. The molecule has 1 aromatic carbocycles. The van der Waals surface area contributed by atoms with E-state index in [-0.39, 0.29) is 30.1 Å². The van der Waals surface area contributed by atoms with Crippen LogP contribution in [0.1, 0.15) is 44.4 Å². The molecule has 4 nitrogen and oxygen atoms in total. The summed E-state index contributed by atoms with van der Waals surface area (Å²) >= 11 is 0. The van der Waals surface area contributed by atoms with E-state index in [1.165, 1.54) is 11.1 Å². The molecule has 2 N–H and O–H groups in total. The first kappa shape index (κ1) is 14.9. The number of carbonyl (C=O) groups is 1. The van der Waals surface area contributed by atoms with Crippen LogP contribution in [0, 0.1) is 0 Å². The van der Waals surface area contributed by atoms with E-state index in [2.05, 4.69) is 31.3 Å². The lowest BCUT2D eigenvalue weighted by atomic mass is 9.86. The minimum absolute atomic E-state index is 0.0311. The van der Waals surface area contributed by atoms with Crippen molar-refractivity contribution in [3.05, 3.63) is 35.4 Å². The molecule has 0 saturated heterocycles. The topological polar surface area (TPSA) is 52.6 Å². The molecular formula is C16H24N2O2. The summed E-state index contributed by atoms with van der Waals surface area (Å²) in [5.41, 5.74) is 2.59. The Bertz CT molecular complexity index is 499. The molecule has 110 valence electrons. The van der Waals surface area contributed by atoms with E-state index < -0.39 is 0 Å². The lowest BCUT2D eigenvalue weighted by molar-refractivity contribution is 0.154. The zero-order valence-corrected chi connectivity index (χ0v) is 12.7. The molecule has 2 rings (SSSR count). The van der Waals surface area contributed by atoms with Crippen LogP contribution in [-0.2, 0) is 5.41 Å². The number of nitrogens with zero attached hydrogens (tertiary/aromatic N) is 1. The van der Waals surface area contributed by atoms with Gasteiger partial charge in [0.15, 0.2) is 0 Å². The van der Waals surface area contributed by atoms with Crippen LogP contribution in [0.2, 0.25) is 0 Å². The monoisotopic (exact) mass is 276 g/mol. The smallest absolute Gasteiger partial charge is 0.317 e. The fourth-order valence-corrected chi connectivity index (χ4v) is 2.85. The Morgan fingerprint density at radius 2 is 2.15 bits per heavy atom. The molecule has 0 spiro atoms. The number of rotatable bonds is 3. The van der Waals surface area contributed by atoms with Crippen LogP contribution in [0.15, 0.2) is 24.3 Å². The van der Waals surface area contributed by atoms with Crippen LogP contribution in [0.3, 0.4) is 0 Å². The summed E-state index contributed by atoms with van der Waals surface area (Å²) in [5, 5.41) is 12.2. The third-order valence-electron chi connectivity index (χ3n) is 4.32. The first-order valence-electron chi connectivity index (χ1n) is 7.10. The quantitative estimate of drug-likeness (QED) is 0.891. The van der Waals surface area contributed by atoms with Crippen LogP contribution in [0.25, 0.3) is 0 Å². The fraction of sp³-hybridized carbons (Fsp3) is 0.562. The van der Waals surface area contributed by atoms with Crippen LogP contribution in [0.4, 0.5) is 4.79 Å². The largest absolute Gasteiger partial charge is 0.394 e. The Morgan fingerprint density at radius 1 is 1.50 bits per heavy atom. The van der Waals surface area contributed by atoms with E-state index in [4.69, 9.17) is 5.11 Å². The van der Waals surface area contributed by atoms with Gasteiger partial charge in [-0.05, 0) is 29.9 Å². The highest BCUT2D eigenvalue weighted by Crippen LogP contribution is 2.44. The maximum absolute atomic E-state index is 12.2. The Kier molecular flexibility index (Phi) is 4.04. The number of carbonyl (C=O) groups excluding carboxylic acids is 1.